The Morgan fingerprint density at radius 3 is 2.20 bits per heavy atom. The summed E-state index contributed by atoms with van der Waals surface area (Å²) in [4.78, 5) is 0. The Bertz CT molecular complexity index is 103. The summed E-state index contributed by atoms with van der Waals surface area (Å²) in [5, 5.41) is 0. The Hall–Kier alpha value is 1.25. The second-order valence-electron chi connectivity index (χ2n) is 3.43. The molecule has 0 nitrogen and oxygen atoms in total. The van der Waals surface area contributed by atoms with E-state index in [1.54, 1.807) is 0 Å². The van der Waals surface area contributed by atoms with Gasteiger partial charge in [-0.2, -0.15) is 19.3 Å². The summed E-state index contributed by atoms with van der Waals surface area (Å²) >= 11 is 0. The quantitative estimate of drug-likeness (QED) is 0.359. The van der Waals surface area contributed by atoms with Gasteiger partial charge in [0.2, 0.25) is 0 Å². The molecule has 0 aliphatic heterocycles. The van der Waals surface area contributed by atoms with Crippen LogP contribution in [0.5, 0.6) is 0 Å². The van der Waals surface area contributed by atoms with E-state index in [2.05, 4.69) is 6.92 Å². The molecule has 0 aromatic rings. The van der Waals surface area contributed by atoms with Crippen LogP contribution < -0.4 is 17.0 Å². The fraction of sp³-hybridized carbons (Fsp3) is 0.875. The van der Waals surface area contributed by atoms with Gasteiger partial charge >= 0.3 is 23.1 Å². The molecule has 0 radical (unpaired) electrons. The van der Waals surface area contributed by atoms with Gasteiger partial charge in [0, 0.05) is 0 Å². The van der Waals surface area contributed by atoms with Crippen LogP contribution in [0.1, 0.15) is 32.6 Å². The zero-order valence-corrected chi connectivity index (χ0v) is 9.57. The summed E-state index contributed by atoms with van der Waals surface area (Å²) in [5.74, 6) is 4.01. The largest absolute Gasteiger partial charge is 2.00 e. The van der Waals surface area contributed by atoms with Crippen molar-refractivity contribution >= 4 is 23.1 Å². The molecule has 2 heteroatoms. The smallest absolute Gasteiger partial charge is 1.00 e. The first-order valence-electron chi connectivity index (χ1n) is 3.70. The zero-order chi connectivity index (χ0) is 5.56. The molecule has 2 unspecified atom stereocenters. The predicted octanol–water partition coefficient (Wildman–Crippen LogP) is -0.976. The van der Waals surface area contributed by atoms with Crippen molar-refractivity contribution in [3.8, 4) is 0 Å². The zero-order valence-electron chi connectivity index (χ0n) is 6.57. The maximum absolute atomic E-state index is 2.40. The van der Waals surface area contributed by atoms with E-state index >= 15 is 0 Å². The minimum absolute atomic E-state index is 0. The molecule has 0 saturated heterocycles. The molecule has 0 heterocycles. The average molecular weight is 213 g/mol. The Morgan fingerprint density at radius 2 is 2.00 bits per heavy atom. The van der Waals surface area contributed by atoms with Crippen LogP contribution in [0.25, 0.3) is 0 Å². The first-order chi connectivity index (χ1) is 3.86. The molecular formula is C8H13BrMg. The summed E-state index contributed by atoms with van der Waals surface area (Å²) in [7, 11) is 0. The van der Waals surface area contributed by atoms with Gasteiger partial charge in [0.25, 0.3) is 0 Å². The van der Waals surface area contributed by atoms with Crippen LogP contribution in [0, 0.1) is 17.8 Å². The molecule has 2 rings (SSSR count). The van der Waals surface area contributed by atoms with Gasteiger partial charge in [-0.05, 0) is 0 Å². The minimum atomic E-state index is 0. The van der Waals surface area contributed by atoms with E-state index in [9.17, 15) is 0 Å². The van der Waals surface area contributed by atoms with E-state index < -0.39 is 0 Å². The summed E-state index contributed by atoms with van der Waals surface area (Å²) in [6.07, 6.45) is 5.93. The molecule has 2 saturated carbocycles. The predicted molar refractivity (Wildman–Crippen MR) is 40.1 cm³/mol. The molecule has 0 aromatic carbocycles. The van der Waals surface area contributed by atoms with E-state index in [4.69, 9.17) is 0 Å². The van der Waals surface area contributed by atoms with Crippen molar-refractivity contribution < 1.29 is 17.0 Å². The van der Waals surface area contributed by atoms with Crippen LogP contribution in [0.2, 0.25) is 0 Å². The summed E-state index contributed by atoms with van der Waals surface area (Å²) < 4.78 is 0. The van der Waals surface area contributed by atoms with Crippen molar-refractivity contribution in [2.24, 2.45) is 11.8 Å². The Morgan fingerprint density at radius 1 is 1.30 bits per heavy atom. The maximum atomic E-state index is 2.40. The minimum Gasteiger partial charge on any atom is -1.00 e. The molecule has 54 valence electrons. The van der Waals surface area contributed by atoms with Gasteiger partial charge in [0.1, 0.15) is 0 Å². The van der Waals surface area contributed by atoms with Crippen molar-refractivity contribution in [3.05, 3.63) is 5.92 Å². The second-order valence-corrected chi connectivity index (χ2v) is 3.43. The third kappa shape index (κ3) is 1.89. The van der Waals surface area contributed by atoms with E-state index in [1.165, 1.54) is 25.7 Å². The van der Waals surface area contributed by atoms with Crippen LogP contribution >= 0.6 is 0 Å². The third-order valence-electron chi connectivity index (χ3n) is 2.83. The SMILES string of the molecule is CC1C[C-]2CCC1C2.[Br-].[Mg+2]. The molecule has 0 spiro atoms. The molecule has 2 atom stereocenters. The van der Waals surface area contributed by atoms with Crippen molar-refractivity contribution in [2.45, 2.75) is 32.6 Å². The van der Waals surface area contributed by atoms with Crippen LogP contribution in [0.15, 0.2) is 0 Å². The molecule has 0 aromatic heterocycles. The number of rotatable bonds is 0. The molecule has 2 fully saturated rings. The molecule has 2 bridgehead atoms. The first-order valence-corrected chi connectivity index (χ1v) is 3.70. The summed E-state index contributed by atoms with van der Waals surface area (Å²) in [5.41, 5.74) is 0. The van der Waals surface area contributed by atoms with Gasteiger partial charge in [-0.15, -0.1) is 0 Å². The van der Waals surface area contributed by atoms with E-state index in [0.717, 1.165) is 11.8 Å². The molecule has 0 N–H and O–H groups in total. The van der Waals surface area contributed by atoms with E-state index in [0.29, 0.717) is 0 Å². The van der Waals surface area contributed by atoms with Gasteiger partial charge in [0.05, 0.1) is 0 Å². The Labute approximate surface area is 90.1 Å². The standard InChI is InChI=1S/C8H13.BrH.Mg/c1-6-4-7-2-3-8(6)5-7;;/h6,8H,2-5H2,1H3;1H;/q-1;;+2/p-1. The molecule has 2 aliphatic rings. The van der Waals surface area contributed by atoms with Gasteiger partial charge in [-0.1, -0.05) is 25.2 Å². The molecular weight excluding hydrogens is 200 g/mol. The number of hydrogen-bond acceptors (Lipinski definition) is 0. The topological polar surface area (TPSA) is 0 Å². The second kappa shape index (κ2) is 4.32. The fourth-order valence-electron chi connectivity index (χ4n) is 2.26. The molecule has 10 heavy (non-hydrogen) atoms. The third-order valence-corrected chi connectivity index (χ3v) is 2.83. The number of fused-ring (bicyclic) bond motifs is 2. The molecule has 2 aliphatic carbocycles. The maximum Gasteiger partial charge on any atom is 2.00 e. The Balaban J connectivity index is 0.000000405. The van der Waals surface area contributed by atoms with Crippen molar-refractivity contribution in [1.82, 2.24) is 0 Å². The van der Waals surface area contributed by atoms with E-state index in [-0.39, 0.29) is 40.0 Å². The van der Waals surface area contributed by atoms with Gasteiger partial charge in [0.15, 0.2) is 0 Å². The Kier molecular flexibility index (Phi) is 4.85. The van der Waals surface area contributed by atoms with Crippen LogP contribution in [-0.2, 0) is 0 Å². The van der Waals surface area contributed by atoms with Crippen LogP contribution in [-0.4, -0.2) is 23.1 Å². The number of halogens is 1. The van der Waals surface area contributed by atoms with Gasteiger partial charge < -0.3 is 22.9 Å². The normalized spacial score (nSPS) is 36.9. The summed E-state index contributed by atoms with van der Waals surface area (Å²) in [6, 6.07) is 0. The monoisotopic (exact) mass is 212 g/mol. The van der Waals surface area contributed by atoms with Crippen LogP contribution in [0.4, 0.5) is 0 Å². The molecule has 0 amide bonds. The fourth-order valence-corrected chi connectivity index (χ4v) is 2.26. The van der Waals surface area contributed by atoms with Gasteiger partial charge in [-0.25, -0.2) is 0 Å². The summed E-state index contributed by atoms with van der Waals surface area (Å²) in [6.45, 7) is 2.40. The first kappa shape index (κ1) is 11.2. The van der Waals surface area contributed by atoms with Crippen LogP contribution in [0.3, 0.4) is 0 Å². The van der Waals surface area contributed by atoms with E-state index in [1.807, 2.05) is 5.92 Å². The van der Waals surface area contributed by atoms with Crippen molar-refractivity contribution in [2.75, 3.05) is 0 Å². The van der Waals surface area contributed by atoms with Crippen molar-refractivity contribution in [1.29, 1.82) is 0 Å². The average Bonchev–Trinajstić information content (AvgIpc) is 2.23. The van der Waals surface area contributed by atoms with Gasteiger partial charge in [-0.3, -0.25) is 0 Å². The van der Waals surface area contributed by atoms with Crippen molar-refractivity contribution in [3.63, 3.8) is 0 Å². The number of hydrogen-bond donors (Lipinski definition) is 0.